The zero-order chi connectivity index (χ0) is 3.58. The molecule has 5 heavy (non-hydrogen) atoms. The summed E-state index contributed by atoms with van der Waals surface area (Å²) in [5.74, 6) is 0. The molecule has 0 aliphatic carbocycles. The second-order valence-electron chi connectivity index (χ2n) is 0.283. The van der Waals surface area contributed by atoms with Crippen molar-refractivity contribution in [3.8, 4) is 0 Å². The molecule has 0 atom stereocenters. The van der Waals surface area contributed by atoms with Crippen LogP contribution in [0.25, 0.3) is 0 Å². The van der Waals surface area contributed by atoms with E-state index in [-0.39, 0.29) is 54.2 Å². The van der Waals surface area contributed by atoms with Gasteiger partial charge in [0.25, 0.3) is 0 Å². The average molecular weight is 103 g/mol. The van der Waals surface area contributed by atoms with Crippen molar-refractivity contribution in [1.29, 1.82) is 0 Å². The van der Waals surface area contributed by atoms with Crippen molar-refractivity contribution in [2.45, 2.75) is 0 Å². The van der Waals surface area contributed by atoms with Gasteiger partial charge in [0.05, 0.1) is 0 Å². The van der Waals surface area contributed by atoms with Crippen LogP contribution in [-0.4, -0.2) is 16.4 Å². The number of hydrogen-bond acceptors (Lipinski definition) is 1. The molecular weight excluding hydrogens is 99.1 g/mol. The van der Waals surface area contributed by atoms with Crippen LogP contribution in [0.2, 0.25) is 0 Å². The van der Waals surface area contributed by atoms with Crippen molar-refractivity contribution in [1.82, 2.24) is 0 Å². The Kier molecular flexibility index (Phi) is 9.14. The molecule has 0 unspecified atom stereocenters. The van der Waals surface area contributed by atoms with Gasteiger partial charge in [0.15, 0.2) is 0 Å². The van der Waals surface area contributed by atoms with E-state index in [1.807, 2.05) is 0 Å². The van der Waals surface area contributed by atoms with E-state index in [0.717, 1.165) is 0 Å². The summed E-state index contributed by atoms with van der Waals surface area (Å²) in [7, 11) is 0. The Morgan fingerprint density at radius 2 is 1.60 bits per heavy atom. The van der Waals surface area contributed by atoms with Crippen LogP contribution in [0.5, 0.6) is 0 Å². The summed E-state index contributed by atoms with van der Waals surface area (Å²) in [6.45, 7) is 0. The number of rotatable bonds is 0. The minimum absolute atomic E-state index is 0. The molecule has 0 radical (unpaired) electrons. The fraction of sp³-hybridized carbons (Fsp3) is 0. The fourth-order valence-electron chi connectivity index (χ4n) is 0. The van der Waals surface area contributed by atoms with Crippen molar-refractivity contribution in [2.75, 3.05) is 0 Å². The van der Waals surface area contributed by atoms with Gasteiger partial charge >= 0.3 is 60.4 Å². The Balaban J connectivity index is -0.0000000150. The van der Waals surface area contributed by atoms with Crippen molar-refractivity contribution < 1.29 is 69.2 Å². The maximum atomic E-state index is 8.56. The molecule has 0 spiro atoms. The van der Waals surface area contributed by atoms with Crippen LogP contribution in [0.1, 0.15) is 2.85 Å². The van der Waals surface area contributed by atoms with Crippen LogP contribution in [0.15, 0.2) is 0 Å². The van der Waals surface area contributed by atoms with Gasteiger partial charge in [0.1, 0.15) is 0 Å². The van der Waals surface area contributed by atoms with Gasteiger partial charge in [-0.05, 0) is 0 Å². The Hall–Kier alpha value is 0.906. The molecule has 0 aromatic carbocycles. The molecule has 4 heteroatoms. The largest absolute Gasteiger partial charge is 1.00 e. The van der Waals surface area contributed by atoms with E-state index in [2.05, 4.69) is 0 Å². The molecule has 0 rings (SSSR count). The van der Waals surface area contributed by atoms with Crippen LogP contribution in [0.3, 0.4) is 0 Å². The number of carbonyl (C=O) groups is 1. The minimum Gasteiger partial charge on any atom is -0.450 e. The Labute approximate surface area is 74.4 Å². The summed E-state index contributed by atoms with van der Waals surface area (Å²) in [6.07, 6.45) is -1.83. The molecule has 0 aromatic heterocycles. The van der Waals surface area contributed by atoms with Crippen molar-refractivity contribution in [2.24, 2.45) is 0 Å². The maximum Gasteiger partial charge on any atom is 1.00 e. The summed E-state index contributed by atoms with van der Waals surface area (Å²) >= 11 is 0. The number of hydrogen-bond donors (Lipinski definition) is 2. The van der Waals surface area contributed by atoms with Crippen molar-refractivity contribution >= 4 is 6.16 Å². The standard InChI is InChI=1S/CH2O3.K/c2-1(3)4;/h(H2,2,3,4);/q;+1/p+2. The van der Waals surface area contributed by atoms with E-state index < -0.39 is 6.16 Å². The van der Waals surface area contributed by atoms with Crippen LogP contribution in [0, 0.1) is 0 Å². The first kappa shape index (κ1) is 9.32. The minimum atomic E-state index is -1.83. The van der Waals surface area contributed by atoms with Gasteiger partial charge in [-0.2, -0.15) is 0 Å². The molecule has 24 valence electrons. The van der Waals surface area contributed by atoms with Gasteiger partial charge in [0, 0.05) is 0 Å². The van der Waals surface area contributed by atoms with E-state index in [1.165, 1.54) is 0 Å². The quantitative estimate of drug-likeness (QED) is 0.332. The van der Waals surface area contributed by atoms with E-state index in [4.69, 9.17) is 15.0 Å². The molecule has 0 fully saturated rings. The zero-order valence-corrected chi connectivity index (χ0v) is 5.93. The second-order valence-corrected chi connectivity index (χ2v) is 0.283. The average Bonchev–Trinajstić information content (AvgIpc) is 0.811. The van der Waals surface area contributed by atoms with Gasteiger partial charge in [0.2, 0.25) is 0 Å². The third kappa shape index (κ3) is 50.4. The van der Waals surface area contributed by atoms with Gasteiger partial charge in [-0.3, -0.25) is 0 Å². The van der Waals surface area contributed by atoms with Gasteiger partial charge in [-0.15, -0.1) is 0 Å². The second kappa shape index (κ2) is 4.91. The fourth-order valence-corrected chi connectivity index (χ4v) is 0. The Bertz CT molecular complexity index is 35.9. The molecule has 0 aliphatic heterocycles. The molecule has 0 aliphatic rings. The normalized spacial score (nSPS) is 4.80. The summed E-state index contributed by atoms with van der Waals surface area (Å²) in [4.78, 5) is 8.56. The van der Waals surface area contributed by atoms with E-state index in [9.17, 15) is 0 Å². The third-order valence-electron chi connectivity index (χ3n) is 0. The molecule has 0 saturated heterocycles. The van der Waals surface area contributed by atoms with E-state index in [1.54, 1.807) is 0 Å². The van der Waals surface area contributed by atoms with Crippen LogP contribution < -0.4 is 51.4 Å². The third-order valence-corrected chi connectivity index (χ3v) is 0. The first-order valence-corrected chi connectivity index (χ1v) is 0.651. The topological polar surface area (TPSA) is 57.5 Å². The first-order chi connectivity index (χ1) is 1.73. The predicted molar refractivity (Wildman–Crippen MR) is 12.9 cm³/mol. The van der Waals surface area contributed by atoms with Gasteiger partial charge < -0.3 is 10.2 Å². The van der Waals surface area contributed by atoms with Crippen molar-refractivity contribution in [3.63, 3.8) is 0 Å². The summed E-state index contributed by atoms with van der Waals surface area (Å²) in [6, 6.07) is 0. The molecule has 0 heterocycles. The van der Waals surface area contributed by atoms with E-state index >= 15 is 0 Å². The van der Waals surface area contributed by atoms with Gasteiger partial charge in [-0.25, -0.2) is 4.79 Å². The molecule has 3 nitrogen and oxygen atoms in total. The summed E-state index contributed by atoms with van der Waals surface area (Å²) in [5.41, 5.74) is 0. The molecule has 0 amide bonds. The smallest absolute Gasteiger partial charge is 0.450 e. The van der Waals surface area contributed by atoms with Crippen LogP contribution in [0.4, 0.5) is 4.79 Å². The Morgan fingerprint density at radius 3 is 1.60 bits per heavy atom. The number of carboxylic acid groups (broad SMARTS) is 2. The molecule has 0 saturated carbocycles. The van der Waals surface area contributed by atoms with E-state index in [0.29, 0.717) is 0 Å². The molecular formula is CH4KO3+3. The zero-order valence-electron chi connectivity index (χ0n) is 4.80. The summed E-state index contributed by atoms with van der Waals surface area (Å²) < 4.78 is 0. The predicted octanol–water partition coefficient (Wildman–Crippen LogP) is -2.55. The molecule has 0 bridgehead atoms. The van der Waals surface area contributed by atoms with Gasteiger partial charge in [-0.1, -0.05) is 0 Å². The van der Waals surface area contributed by atoms with Crippen molar-refractivity contribution in [3.05, 3.63) is 0 Å². The first-order valence-electron chi connectivity index (χ1n) is 0.651. The summed E-state index contributed by atoms with van der Waals surface area (Å²) in [5, 5.41) is 13.9. The SMILES string of the molecule is O=C(O)O.[H+].[H+].[K+]. The molecule has 0 aromatic rings. The maximum absolute atomic E-state index is 8.56. The Morgan fingerprint density at radius 1 is 1.60 bits per heavy atom. The van der Waals surface area contributed by atoms with Crippen LogP contribution in [-0.2, 0) is 0 Å². The molecule has 2 N–H and O–H groups in total. The van der Waals surface area contributed by atoms with Crippen LogP contribution >= 0.6 is 0 Å². The monoisotopic (exact) mass is 103 g/mol.